The van der Waals surface area contributed by atoms with Gasteiger partial charge in [-0.3, -0.25) is 9.59 Å². The molecule has 0 aliphatic carbocycles. The van der Waals surface area contributed by atoms with Gasteiger partial charge in [-0.05, 0) is 36.1 Å². The van der Waals surface area contributed by atoms with Crippen LogP contribution in [0.2, 0.25) is 0 Å². The minimum absolute atomic E-state index is 0.0358. The largest absolute Gasteiger partial charge is 0.441 e. The van der Waals surface area contributed by atoms with E-state index >= 15 is 0 Å². The molecule has 0 N–H and O–H groups in total. The number of fused-ring (bicyclic) bond motifs is 1. The Hall–Kier alpha value is -2.67. The van der Waals surface area contributed by atoms with Gasteiger partial charge in [-0.1, -0.05) is 6.07 Å². The Morgan fingerprint density at radius 1 is 1.08 bits per heavy atom. The van der Waals surface area contributed by atoms with Gasteiger partial charge in [0.15, 0.2) is 11.5 Å². The summed E-state index contributed by atoms with van der Waals surface area (Å²) < 4.78 is 5.53. The third kappa shape index (κ3) is 3.22. The summed E-state index contributed by atoms with van der Waals surface area (Å²) in [6, 6.07) is 9.06. The van der Waals surface area contributed by atoms with Crippen LogP contribution >= 0.6 is 11.3 Å². The fraction of sp³-hybridized carbons (Fsp3) is 0.316. The molecule has 1 fully saturated rings. The maximum absolute atomic E-state index is 12.9. The number of carbonyl (C=O) groups is 2. The van der Waals surface area contributed by atoms with Crippen molar-refractivity contribution in [3.63, 3.8) is 0 Å². The van der Waals surface area contributed by atoms with Crippen molar-refractivity contribution < 1.29 is 14.0 Å². The fourth-order valence-corrected chi connectivity index (χ4v) is 3.93. The third-order valence-electron chi connectivity index (χ3n) is 4.54. The number of thiophene rings is 1. The van der Waals surface area contributed by atoms with Gasteiger partial charge < -0.3 is 14.2 Å². The maximum atomic E-state index is 12.9. The highest BCUT2D eigenvalue weighted by Crippen LogP contribution is 2.19. The van der Waals surface area contributed by atoms with Gasteiger partial charge >= 0.3 is 0 Å². The minimum atomic E-state index is -0.0358. The summed E-state index contributed by atoms with van der Waals surface area (Å²) in [5.41, 5.74) is 1.96. The second-order valence-electron chi connectivity index (χ2n) is 6.33. The molecule has 4 rings (SSSR count). The zero-order valence-electron chi connectivity index (χ0n) is 14.5. The molecule has 1 aliphatic rings. The highest BCUT2D eigenvalue weighted by molar-refractivity contribution is 7.12. The fourth-order valence-electron chi connectivity index (χ4n) is 3.24. The van der Waals surface area contributed by atoms with Crippen LogP contribution in [-0.2, 0) is 0 Å². The van der Waals surface area contributed by atoms with E-state index in [4.69, 9.17) is 4.42 Å². The average molecular weight is 369 g/mol. The summed E-state index contributed by atoms with van der Waals surface area (Å²) in [5.74, 6) is 0.598. The molecule has 2 amide bonds. The number of rotatable bonds is 2. The molecule has 2 aromatic heterocycles. The first-order valence-electron chi connectivity index (χ1n) is 8.61. The van der Waals surface area contributed by atoms with Crippen molar-refractivity contribution in [3.8, 4) is 0 Å². The van der Waals surface area contributed by atoms with Crippen LogP contribution in [0.15, 0.2) is 40.1 Å². The van der Waals surface area contributed by atoms with E-state index in [1.807, 2.05) is 33.4 Å². The molecule has 26 heavy (non-hydrogen) atoms. The van der Waals surface area contributed by atoms with Crippen molar-refractivity contribution in [2.75, 3.05) is 26.2 Å². The first-order chi connectivity index (χ1) is 12.6. The van der Waals surface area contributed by atoms with Gasteiger partial charge in [0.25, 0.3) is 11.8 Å². The highest BCUT2D eigenvalue weighted by Gasteiger charge is 2.24. The van der Waals surface area contributed by atoms with Crippen LogP contribution in [0.1, 0.15) is 32.3 Å². The predicted octanol–water partition coefficient (Wildman–Crippen LogP) is 3.19. The normalized spacial score (nSPS) is 15.3. The quantitative estimate of drug-likeness (QED) is 0.696. The van der Waals surface area contributed by atoms with Gasteiger partial charge in [0.1, 0.15) is 5.52 Å². The van der Waals surface area contributed by atoms with E-state index in [0.717, 1.165) is 16.8 Å². The summed E-state index contributed by atoms with van der Waals surface area (Å²) in [6.07, 6.45) is 0.770. The first kappa shape index (κ1) is 16.8. The van der Waals surface area contributed by atoms with Crippen molar-refractivity contribution in [2.45, 2.75) is 13.3 Å². The third-order valence-corrected chi connectivity index (χ3v) is 5.40. The van der Waals surface area contributed by atoms with Gasteiger partial charge in [0, 0.05) is 38.7 Å². The van der Waals surface area contributed by atoms with E-state index in [1.54, 1.807) is 19.1 Å². The molecule has 0 bridgehead atoms. The van der Waals surface area contributed by atoms with Crippen molar-refractivity contribution >= 4 is 34.3 Å². The molecule has 0 radical (unpaired) electrons. The Morgan fingerprint density at radius 3 is 2.58 bits per heavy atom. The molecule has 1 aliphatic heterocycles. The molecular formula is C19H19N3O3S. The predicted molar refractivity (Wildman–Crippen MR) is 99.5 cm³/mol. The number of amides is 2. The lowest BCUT2D eigenvalue weighted by atomic mass is 10.1. The molecular weight excluding hydrogens is 350 g/mol. The SMILES string of the molecule is Cc1nc2ccc(C(=O)N3CCCN(C(=O)c4cccs4)CC3)cc2o1. The molecule has 3 heterocycles. The number of aryl methyl sites for hydroxylation is 1. The van der Waals surface area contributed by atoms with E-state index in [1.165, 1.54) is 11.3 Å². The van der Waals surface area contributed by atoms with Crippen LogP contribution in [0.3, 0.4) is 0 Å². The molecule has 0 atom stereocenters. The monoisotopic (exact) mass is 369 g/mol. The van der Waals surface area contributed by atoms with E-state index in [-0.39, 0.29) is 11.8 Å². The first-order valence-corrected chi connectivity index (χ1v) is 9.49. The van der Waals surface area contributed by atoms with Gasteiger partial charge in [-0.25, -0.2) is 4.98 Å². The zero-order chi connectivity index (χ0) is 18.1. The second-order valence-corrected chi connectivity index (χ2v) is 7.28. The smallest absolute Gasteiger partial charge is 0.263 e. The van der Waals surface area contributed by atoms with Gasteiger partial charge in [0.2, 0.25) is 0 Å². The number of benzene rings is 1. The summed E-state index contributed by atoms with van der Waals surface area (Å²) in [7, 11) is 0. The number of hydrogen-bond acceptors (Lipinski definition) is 5. The molecule has 134 valence electrons. The number of carbonyl (C=O) groups excluding carboxylic acids is 2. The summed E-state index contributed by atoms with van der Waals surface area (Å²) in [6.45, 7) is 4.17. The number of oxazole rings is 1. The van der Waals surface area contributed by atoms with Crippen LogP contribution in [0.4, 0.5) is 0 Å². The Labute approximate surface area is 155 Å². The Morgan fingerprint density at radius 2 is 1.85 bits per heavy atom. The van der Waals surface area contributed by atoms with Crippen LogP contribution < -0.4 is 0 Å². The summed E-state index contributed by atoms with van der Waals surface area (Å²) in [4.78, 5) is 34.0. The topological polar surface area (TPSA) is 66.7 Å². The van der Waals surface area contributed by atoms with Crippen LogP contribution in [0.5, 0.6) is 0 Å². The van der Waals surface area contributed by atoms with Gasteiger partial charge in [0.05, 0.1) is 4.88 Å². The Kier molecular flexibility index (Phi) is 4.46. The molecule has 7 heteroatoms. The lowest BCUT2D eigenvalue weighted by Crippen LogP contribution is -2.37. The van der Waals surface area contributed by atoms with Crippen molar-refractivity contribution in [3.05, 3.63) is 52.0 Å². The Bertz CT molecular complexity index is 948. The van der Waals surface area contributed by atoms with Gasteiger partial charge in [-0.2, -0.15) is 0 Å². The number of hydrogen-bond donors (Lipinski definition) is 0. The zero-order valence-corrected chi connectivity index (χ0v) is 15.3. The average Bonchev–Trinajstić information content (AvgIpc) is 3.23. The second kappa shape index (κ2) is 6.92. The van der Waals surface area contributed by atoms with E-state index in [9.17, 15) is 9.59 Å². The van der Waals surface area contributed by atoms with E-state index in [2.05, 4.69) is 4.98 Å². The van der Waals surface area contributed by atoms with Crippen molar-refractivity contribution in [1.82, 2.24) is 14.8 Å². The van der Waals surface area contributed by atoms with Gasteiger partial charge in [-0.15, -0.1) is 11.3 Å². The summed E-state index contributed by atoms with van der Waals surface area (Å²) >= 11 is 1.45. The Balaban J connectivity index is 1.47. The molecule has 0 spiro atoms. The molecule has 0 saturated carbocycles. The molecule has 3 aromatic rings. The van der Waals surface area contributed by atoms with Crippen LogP contribution in [-0.4, -0.2) is 52.8 Å². The minimum Gasteiger partial charge on any atom is -0.441 e. The molecule has 0 unspecified atom stereocenters. The molecule has 1 saturated heterocycles. The van der Waals surface area contributed by atoms with Crippen LogP contribution in [0.25, 0.3) is 11.1 Å². The van der Waals surface area contributed by atoms with E-state index < -0.39 is 0 Å². The standard InChI is InChI=1S/C19H19N3O3S/c1-13-20-15-6-5-14(12-16(15)25-13)18(23)21-7-3-8-22(10-9-21)19(24)17-4-2-11-26-17/h2,4-6,11-12H,3,7-10H2,1H3. The lowest BCUT2D eigenvalue weighted by Gasteiger charge is -2.22. The molecule has 1 aromatic carbocycles. The number of aromatic nitrogens is 1. The van der Waals surface area contributed by atoms with Crippen LogP contribution in [0, 0.1) is 6.92 Å². The summed E-state index contributed by atoms with van der Waals surface area (Å²) in [5, 5.41) is 1.90. The lowest BCUT2D eigenvalue weighted by molar-refractivity contribution is 0.0721. The highest BCUT2D eigenvalue weighted by atomic mass is 32.1. The molecule has 6 nitrogen and oxygen atoms in total. The van der Waals surface area contributed by atoms with Crippen molar-refractivity contribution in [2.24, 2.45) is 0 Å². The number of nitrogens with zero attached hydrogens (tertiary/aromatic N) is 3. The van der Waals surface area contributed by atoms with E-state index in [0.29, 0.717) is 43.2 Å². The van der Waals surface area contributed by atoms with Crippen molar-refractivity contribution in [1.29, 1.82) is 0 Å². The maximum Gasteiger partial charge on any atom is 0.263 e.